The molecule has 18 heteroatoms. The fourth-order valence-electron chi connectivity index (χ4n) is 9.83. The van der Waals surface area contributed by atoms with Crippen LogP contribution in [-0.2, 0) is 55.8 Å². The molecule has 0 heterocycles. The minimum absolute atomic E-state index is 0.113. The third kappa shape index (κ3) is 66.5. The maximum atomic E-state index is 12.8. The van der Waals surface area contributed by atoms with Crippen molar-refractivity contribution in [1.82, 2.24) is 0 Å². The number of allylic oxidation sites excluding steroid dienone is 10. The zero-order valence-corrected chi connectivity index (χ0v) is 58.1. The van der Waals surface area contributed by atoms with Crippen LogP contribution in [0.25, 0.3) is 0 Å². The number of carbonyl (C=O) groups is 3. The van der Waals surface area contributed by atoms with E-state index in [-0.39, 0.29) is 19.3 Å². The first-order valence-electron chi connectivity index (χ1n) is 35.6. The van der Waals surface area contributed by atoms with Crippen molar-refractivity contribution >= 4 is 33.6 Å². The molecule has 0 rings (SSSR count). The molecule has 0 radical (unpaired) electrons. The molecule has 5 atom stereocenters. The van der Waals surface area contributed by atoms with E-state index >= 15 is 0 Å². The Morgan fingerprint density at radius 2 is 0.596 bits per heavy atom. The van der Waals surface area contributed by atoms with Crippen LogP contribution in [0.3, 0.4) is 0 Å². The van der Waals surface area contributed by atoms with Gasteiger partial charge in [0.25, 0.3) is 0 Å². The molecule has 0 aliphatic rings. The third-order valence-corrected chi connectivity index (χ3v) is 17.2. The van der Waals surface area contributed by atoms with Crippen molar-refractivity contribution in [3.05, 3.63) is 60.8 Å². The highest BCUT2D eigenvalue weighted by Crippen LogP contribution is 2.45. The van der Waals surface area contributed by atoms with Gasteiger partial charge in [-0.05, 0) is 64.2 Å². The van der Waals surface area contributed by atoms with E-state index in [1.807, 2.05) is 0 Å². The summed E-state index contributed by atoms with van der Waals surface area (Å²) in [5, 5.41) is 20.5. The van der Waals surface area contributed by atoms with Crippen LogP contribution in [0, 0.1) is 0 Å². The van der Waals surface area contributed by atoms with Crippen molar-refractivity contribution in [2.75, 3.05) is 39.6 Å². The Hall–Kier alpha value is -2.75. The fraction of sp³-hybridized carbons (Fsp3) is 0.817. The molecule has 0 aliphatic heterocycles. The maximum Gasteiger partial charge on any atom is 0.472 e. The number of carbonyl (C=O) groups excluding carboxylic acids is 3. The zero-order chi connectivity index (χ0) is 65.3. The van der Waals surface area contributed by atoms with Gasteiger partial charge in [0.05, 0.1) is 26.4 Å². The summed E-state index contributed by atoms with van der Waals surface area (Å²) in [4.78, 5) is 58.2. The van der Waals surface area contributed by atoms with Gasteiger partial charge in [-0.1, -0.05) is 293 Å². The number of phosphoric acid groups is 2. The lowest BCUT2D eigenvalue weighted by atomic mass is 10.0. The first kappa shape index (κ1) is 86.2. The topological polar surface area (TPSA) is 231 Å². The SMILES string of the molecule is CC/C=C\C/C=C\C/C=C\C/C=C\C/C=C\CCCCCCCCCCCCCCCCCC(=O)OCC(O)COP(=O)(O)OCC(O)COP(=O)(O)OCC(COC(=O)CCCCCCCCCCCCC)OC(=O)CCCCCCCCCCCCC. The average Bonchev–Trinajstić information content (AvgIpc) is 3.66. The minimum Gasteiger partial charge on any atom is -0.463 e. The first-order valence-corrected chi connectivity index (χ1v) is 38.6. The van der Waals surface area contributed by atoms with Crippen molar-refractivity contribution in [2.45, 2.75) is 334 Å². The lowest BCUT2D eigenvalue weighted by Gasteiger charge is -2.21. The summed E-state index contributed by atoms with van der Waals surface area (Å²) in [6, 6.07) is 0. The Balaban J connectivity index is 4.28. The average molecular weight is 1300 g/mol. The second-order valence-corrected chi connectivity index (χ2v) is 26.9. The van der Waals surface area contributed by atoms with Crippen LogP contribution in [-0.4, -0.2) is 95.9 Å². The van der Waals surface area contributed by atoms with Crippen LogP contribution in [0.15, 0.2) is 60.8 Å². The van der Waals surface area contributed by atoms with Crippen molar-refractivity contribution in [1.29, 1.82) is 0 Å². The standard InChI is InChI=1S/C71H130O16P2/c1-4-7-10-13-16-19-22-23-24-25-26-27-28-29-30-31-32-33-34-35-36-37-38-39-40-41-44-46-48-51-54-57-69(74)81-60-66(72)61-83-88(77,78)84-62-67(73)63-85-89(79,80)86-65-68(87-71(76)59-56-53-50-47-43-21-18-15-12-9-6-3)64-82-70(75)58-55-52-49-45-42-20-17-14-11-8-5-2/h7,10,16,19,23-24,26-27,29-30,66-68,72-73H,4-6,8-9,11-15,17-18,20-22,25,28,31-65H2,1-3H3,(H,77,78)(H,79,80)/b10-7-,19-16-,24-23-,27-26-,30-29-. The number of aliphatic hydroxyl groups excluding tert-OH is 2. The number of ether oxygens (including phenoxy) is 3. The number of aliphatic hydroxyl groups is 2. The summed E-state index contributed by atoms with van der Waals surface area (Å²) >= 11 is 0. The van der Waals surface area contributed by atoms with Gasteiger partial charge in [0.15, 0.2) is 6.10 Å². The molecule has 0 spiro atoms. The normalized spacial score (nSPS) is 14.6. The summed E-state index contributed by atoms with van der Waals surface area (Å²) in [7, 11) is -9.75. The number of hydrogen-bond donors (Lipinski definition) is 4. The van der Waals surface area contributed by atoms with Crippen LogP contribution >= 0.6 is 15.6 Å². The molecule has 0 aliphatic carbocycles. The summed E-state index contributed by atoms with van der Waals surface area (Å²) in [6.45, 7) is 2.57. The highest BCUT2D eigenvalue weighted by molar-refractivity contribution is 7.47. The van der Waals surface area contributed by atoms with Crippen LogP contribution in [0.2, 0.25) is 0 Å². The number of rotatable bonds is 68. The second-order valence-electron chi connectivity index (χ2n) is 24.0. The Labute approximate surface area is 541 Å². The Morgan fingerprint density at radius 1 is 0.326 bits per heavy atom. The molecule has 520 valence electrons. The minimum atomic E-state index is -4.91. The van der Waals surface area contributed by atoms with Gasteiger partial charge in [-0.3, -0.25) is 32.5 Å². The molecule has 5 unspecified atom stereocenters. The number of unbranched alkanes of at least 4 members (excludes halogenated alkanes) is 35. The van der Waals surface area contributed by atoms with Crippen LogP contribution in [0.1, 0.15) is 316 Å². The molecule has 0 saturated heterocycles. The smallest absolute Gasteiger partial charge is 0.463 e. The predicted molar refractivity (Wildman–Crippen MR) is 362 cm³/mol. The third-order valence-electron chi connectivity index (χ3n) is 15.3. The molecule has 0 saturated carbocycles. The quantitative estimate of drug-likeness (QED) is 0.0146. The van der Waals surface area contributed by atoms with E-state index in [2.05, 4.69) is 81.5 Å². The summed E-state index contributed by atoms with van der Waals surface area (Å²) in [5.41, 5.74) is 0. The molecule has 4 N–H and O–H groups in total. The van der Waals surface area contributed by atoms with E-state index in [4.69, 9.17) is 32.3 Å². The van der Waals surface area contributed by atoms with E-state index in [0.717, 1.165) is 96.3 Å². The highest BCUT2D eigenvalue weighted by Gasteiger charge is 2.29. The molecule has 16 nitrogen and oxygen atoms in total. The first-order chi connectivity index (χ1) is 43.2. The van der Waals surface area contributed by atoms with E-state index < -0.39 is 91.5 Å². The van der Waals surface area contributed by atoms with Crippen molar-refractivity contribution in [2.24, 2.45) is 0 Å². The van der Waals surface area contributed by atoms with Gasteiger partial charge in [-0.15, -0.1) is 0 Å². The van der Waals surface area contributed by atoms with E-state index in [1.54, 1.807) is 0 Å². The van der Waals surface area contributed by atoms with E-state index in [1.165, 1.54) is 161 Å². The van der Waals surface area contributed by atoms with Crippen LogP contribution in [0.4, 0.5) is 0 Å². The van der Waals surface area contributed by atoms with Crippen LogP contribution in [0.5, 0.6) is 0 Å². The molecule has 0 aromatic rings. The van der Waals surface area contributed by atoms with Crippen LogP contribution < -0.4 is 0 Å². The second kappa shape index (κ2) is 65.3. The molecule has 0 amide bonds. The molecule has 89 heavy (non-hydrogen) atoms. The Kier molecular flexibility index (Phi) is 63.3. The number of esters is 3. The molecule has 0 aromatic carbocycles. The lowest BCUT2D eigenvalue weighted by Crippen LogP contribution is -2.30. The molecule has 0 aromatic heterocycles. The van der Waals surface area contributed by atoms with Crippen molar-refractivity contribution in [3.8, 4) is 0 Å². The largest absolute Gasteiger partial charge is 0.472 e. The summed E-state index contributed by atoms with van der Waals surface area (Å²) in [6.07, 6.45) is 67.4. The van der Waals surface area contributed by atoms with Gasteiger partial charge in [-0.25, -0.2) is 9.13 Å². The zero-order valence-electron chi connectivity index (χ0n) is 56.4. The summed E-state index contributed by atoms with van der Waals surface area (Å²) < 4.78 is 60.8. The van der Waals surface area contributed by atoms with Gasteiger partial charge in [0, 0.05) is 19.3 Å². The number of hydrogen-bond acceptors (Lipinski definition) is 14. The molecular formula is C71H130O16P2. The Bertz CT molecular complexity index is 1870. The monoisotopic (exact) mass is 1300 g/mol. The number of phosphoric ester groups is 2. The van der Waals surface area contributed by atoms with E-state index in [0.29, 0.717) is 19.3 Å². The van der Waals surface area contributed by atoms with E-state index in [9.17, 15) is 43.5 Å². The van der Waals surface area contributed by atoms with Gasteiger partial charge in [-0.2, -0.15) is 0 Å². The van der Waals surface area contributed by atoms with Gasteiger partial charge in [0.1, 0.15) is 25.4 Å². The summed E-state index contributed by atoms with van der Waals surface area (Å²) in [5.74, 6) is -1.56. The predicted octanol–water partition coefficient (Wildman–Crippen LogP) is 19.8. The van der Waals surface area contributed by atoms with Gasteiger partial charge >= 0.3 is 33.6 Å². The molecule has 0 fully saturated rings. The molecular weight excluding hydrogens is 1170 g/mol. The molecule has 0 bridgehead atoms. The van der Waals surface area contributed by atoms with Gasteiger partial charge in [0.2, 0.25) is 0 Å². The fourth-order valence-corrected chi connectivity index (χ4v) is 11.4. The van der Waals surface area contributed by atoms with Gasteiger partial charge < -0.3 is 34.2 Å². The van der Waals surface area contributed by atoms with Crippen molar-refractivity contribution in [3.63, 3.8) is 0 Å². The van der Waals surface area contributed by atoms with Crippen molar-refractivity contribution < 1.29 is 75.8 Å². The Morgan fingerprint density at radius 3 is 0.944 bits per heavy atom. The lowest BCUT2D eigenvalue weighted by molar-refractivity contribution is -0.161. The highest BCUT2D eigenvalue weighted by atomic mass is 31.2. The maximum absolute atomic E-state index is 12.8.